The van der Waals surface area contributed by atoms with Crippen LogP contribution < -0.4 is 5.32 Å². The maximum absolute atomic E-state index is 11.4. The van der Waals surface area contributed by atoms with Gasteiger partial charge in [0.2, 0.25) is 5.91 Å². The Bertz CT molecular complexity index is 801. The molecule has 4 N–H and O–H groups in total. The number of benzene rings is 2. The van der Waals surface area contributed by atoms with Crippen molar-refractivity contribution >= 4 is 17.8 Å². The fourth-order valence-corrected chi connectivity index (χ4v) is 2.31. The summed E-state index contributed by atoms with van der Waals surface area (Å²) in [6.07, 6.45) is 1.50. The van der Waals surface area contributed by atoms with E-state index < -0.39 is 11.9 Å². The normalized spacial score (nSPS) is 9.77. The Balaban J connectivity index is 0.000000325. The number of ether oxygens (including phenoxy) is 1. The molecule has 0 saturated carbocycles. The number of carboxylic acid groups (broad SMARTS) is 1. The number of amides is 1. The molecule has 30 heavy (non-hydrogen) atoms. The summed E-state index contributed by atoms with van der Waals surface area (Å²) < 4.78 is 4.69. The van der Waals surface area contributed by atoms with E-state index in [4.69, 9.17) is 15.3 Å². The van der Waals surface area contributed by atoms with Crippen molar-refractivity contribution in [1.29, 1.82) is 0 Å². The van der Waals surface area contributed by atoms with Crippen LogP contribution in [0.15, 0.2) is 48.5 Å². The third-order valence-corrected chi connectivity index (χ3v) is 3.88. The van der Waals surface area contributed by atoms with Gasteiger partial charge in [0.25, 0.3) is 0 Å². The summed E-state index contributed by atoms with van der Waals surface area (Å²) in [4.78, 5) is 32.6. The fourth-order valence-electron chi connectivity index (χ4n) is 2.31. The molecule has 2 aromatic carbocycles. The summed E-state index contributed by atoms with van der Waals surface area (Å²) in [5.74, 6) is -1.03. The topological polar surface area (TPSA) is 133 Å². The van der Waals surface area contributed by atoms with Crippen LogP contribution in [0.3, 0.4) is 0 Å². The highest BCUT2D eigenvalue weighted by atomic mass is 16.5. The summed E-state index contributed by atoms with van der Waals surface area (Å²) in [5, 5.41) is 28.9. The lowest BCUT2D eigenvalue weighted by molar-refractivity contribution is -0.143. The van der Waals surface area contributed by atoms with Crippen molar-refractivity contribution in [1.82, 2.24) is 5.32 Å². The van der Waals surface area contributed by atoms with Gasteiger partial charge in [-0.3, -0.25) is 14.4 Å². The first kappa shape index (κ1) is 24.5. The standard InChI is InChI=1S/C13H17NO4.C9H10O3/c1-2-18-13(17)9-14-12(16)8-5-10-3-6-11(15)7-4-10;10-8-4-1-7(2-5-8)3-6-9(11)12/h3-4,6-7,15H,2,5,8-9H2,1H3,(H,14,16);1-2,4-5,10H,3,6H2,(H,11,12). The average Bonchev–Trinajstić information content (AvgIpc) is 2.72. The molecule has 0 fully saturated rings. The van der Waals surface area contributed by atoms with Gasteiger partial charge < -0.3 is 25.4 Å². The highest BCUT2D eigenvalue weighted by molar-refractivity contribution is 5.81. The van der Waals surface area contributed by atoms with Gasteiger partial charge in [0.1, 0.15) is 18.0 Å². The number of nitrogens with one attached hydrogen (secondary N) is 1. The number of phenolic OH excluding ortho intramolecular Hbond substituents is 2. The smallest absolute Gasteiger partial charge is 0.325 e. The molecule has 2 aromatic rings. The zero-order chi connectivity index (χ0) is 22.4. The Hall–Kier alpha value is -3.55. The Morgan fingerprint density at radius 1 is 0.833 bits per heavy atom. The number of rotatable bonds is 9. The maximum Gasteiger partial charge on any atom is 0.325 e. The molecule has 8 nitrogen and oxygen atoms in total. The van der Waals surface area contributed by atoms with Gasteiger partial charge >= 0.3 is 11.9 Å². The molecule has 0 unspecified atom stereocenters. The van der Waals surface area contributed by atoms with Gasteiger partial charge in [0.05, 0.1) is 6.61 Å². The monoisotopic (exact) mass is 417 g/mol. The van der Waals surface area contributed by atoms with Crippen LogP contribution >= 0.6 is 0 Å². The highest BCUT2D eigenvalue weighted by Crippen LogP contribution is 2.11. The number of carbonyl (C=O) groups excluding carboxylic acids is 2. The third-order valence-electron chi connectivity index (χ3n) is 3.88. The van der Waals surface area contributed by atoms with Crippen molar-refractivity contribution in [2.45, 2.75) is 32.6 Å². The van der Waals surface area contributed by atoms with Gasteiger partial charge in [0.15, 0.2) is 0 Å². The van der Waals surface area contributed by atoms with E-state index in [1.807, 2.05) is 0 Å². The minimum atomic E-state index is -0.803. The van der Waals surface area contributed by atoms with Crippen LogP contribution in [0.5, 0.6) is 11.5 Å². The lowest BCUT2D eigenvalue weighted by Gasteiger charge is -2.05. The number of hydrogen-bond acceptors (Lipinski definition) is 6. The number of aliphatic carboxylic acids is 1. The van der Waals surface area contributed by atoms with Crippen LogP contribution in [0.4, 0.5) is 0 Å². The Kier molecular flexibility index (Phi) is 11.1. The van der Waals surface area contributed by atoms with Crippen molar-refractivity contribution in [3.8, 4) is 11.5 Å². The van der Waals surface area contributed by atoms with Crippen molar-refractivity contribution < 1.29 is 34.4 Å². The van der Waals surface area contributed by atoms with E-state index in [-0.39, 0.29) is 30.4 Å². The quantitative estimate of drug-likeness (QED) is 0.461. The van der Waals surface area contributed by atoms with Crippen LogP contribution in [0.25, 0.3) is 0 Å². The second-order valence-electron chi connectivity index (χ2n) is 6.31. The fraction of sp³-hybridized carbons (Fsp3) is 0.318. The Labute approximate surface area is 175 Å². The van der Waals surface area contributed by atoms with E-state index in [0.29, 0.717) is 25.9 Å². The molecular formula is C22H27NO7. The van der Waals surface area contributed by atoms with E-state index in [9.17, 15) is 14.4 Å². The molecule has 8 heteroatoms. The van der Waals surface area contributed by atoms with E-state index >= 15 is 0 Å². The van der Waals surface area contributed by atoms with Crippen molar-refractivity contribution in [2.24, 2.45) is 0 Å². The zero-order valence-corrected chi connectivity index (χ0v) is 16.8. The second kappa shape index (κ2) is 13.6. The predicted octanol–water partition coefficient (Wildman–Crippen LogP) is 2.41. The van der Waals surface area contributed by atoms with Gasteiger partial charge in [-0.15, -0.1) is 0 Å². The van der Waals surface area contributed by atoms with E-state index in [0.717, 1.165) is 11.1 Å². The lowest BCUT2D eigenvalue weighted by atomic mass is 10.1. The lowest BCUT2D eigenvalue weighted by Crippen LogP contribution is -2.30. The third kappa shape index (κ3) is 11.3. The molecule has 162 valence electrons. The predicted molar refractivity (Wildman–Crippen MR) is 110 cm³/mol. The van der Waals surface area contributed by atoms with Gasteiger partial charge in [-0.25, -0.2) is 0 Å². The molecule has 0 aromatic heterocycles. The van der Waals surface area contributed by atoms with E-state index in [1.54, 1.807) is 55.5 Å². The number of esters is 1. The van der Waals surface area contributed by atoms with Crippen LogP contribution in [0.2, 0.25) is 0 Å². The second-order valence-corrected chi connectivity index (χ2v) is 6.31. The molecular weight excluding hydrogens is 390 g/mol. The van der Waals surface area contributed by atoms with Gasteiger partial charge in [0, 0.05) is 12.8 Å². The maximum atomic E-state index is 11.4. The average molecular weight is 417 g/mol. The van der Waals surface area contributed by atoms with E-state index in [1.165, 1.54) is 0 Å². The van der Waals surface area contributed by atoms with Crippen molar-refractivity contribution in [3.63, 3.8) is 0 Å². The minimum Gasteiger partial charge on any atom is -0.508 e. The number of carboxylic acids is 1. The molecule has 0 aliphatic heterocycles. The van der Waals surface area contributed by atoms with Gasteiger partial charge in [-0.1, -0.05) is 24.3 Å². The van der Waals surface area contributed by atoms with Crippen LogP contribution in [0.1, 0.15) is 30.9 Å². The number of aryl methyl sites for hydroxylation is 2. The summed E-state index contributed by atoms with van der Waals surface area (Å²) in [5.41, 5.74) is 1.88. The summed E-state index contributed by atoms with van der Waals surface area (Å²) >= 11 is 0. The minimum absolute atomic E-state index is 0.0950. The summed E-state index contributed by atoms with van der Waals surface area (Å²) in [6.45, 7) is 1.93. The molecule has 0 aliphatic rings. The van der Waals surface area contributed by atoms with Crippen molar-refractivity contribution in [3.05, 3.63) is 59.7 Å². The Morgan fingerprint density at radius 3 is 1.73 bits per heavy atom. The molecule has 2 rings (SSSR count). The number of hydrogen-bond donors (Lipinski definition) is 4. The summed E-state index contributed by atoms with van der Waals surface area (Å²) in [7, 11) is 0. The van der Waals surface area contributed by atoms with Gasteiger partial charge in [-0.05, 0) is 55.2 Å². The first-order valence-electron chi connectivity index (χ1n) is 9.50. The molecule has 0 spiro atoms. The van der Waals surface area contributed by atoms with E-state index in [2.05, 4.69) is 10.1 Å². The highest BCUT2D eigenvalue weighted by Gasteiger charge is 2.06. The molecule has 0 aliphatic carbocycles. The zero-order valence-electron chi connectivity index (χ0n) is 16.8. The van der Waals surface area contributed by atoms with Gasteiger partial charge in [-0.2, -0.15) is 0 Å². The number of aromatic hydroxyl groups is 2. The molecule has 0 radical (unpaired) electrons. The van der Waals surface area contributed by atoms with Crippen LogP contribution in [0, 0.1) is 0 Å². The SMILES string of the molecule is CCOC(=O)CNC(=O)CCc1ccc(O)cc1.O=C(O)CCc1ccc(O)cc1. The number of carbonyl (C=O) groups is 3. The summed E-state index contributed by atoms with van der Waals surface area (Å²) in [6, 6.07) is 13.2. The largest absolute Gasteiger partial charge is 0.508 e. The van der Waals surface area contributed by atoms with Crippen LogP contribution in [-0.2, 0) is 32.0 Å². The molecule has 0 heterocycles. The van der Waals surface area contributed by atoms with Crippen LogP contribution in [-0.4, -0.2) is 46.3 Å². The first-order valence-corrected chi connectivity index (χ1v) is 9.50. The molecule has 0 atom stereocenters. The molecule has 1 amide bonds. The molecule has 0 saturated heterocycles. The first-order chi connectivity index (χ1) is 14.3. The van der Waals surface area contributed by atoms with Crippen molar-refractivity contribution in [2.75, 3.05) is 13.2 Å². The number of phenols is 2. The Morgan fingerprint density at radius 2 is 1.30 bits per heavy atom. The molecule has 0 bridgehead atoms.